The van der Waals surface area contributed by atoms with Gasteiger partial charge in [-0.3, -0.25) is 9.59 Å². The number of hydrogen-bond donors (Lipinski definition) is 2. The number of rotatable bonds is 7. The molecule has 8 heteroatoms. The van der Waals surface area contributed by atoms with Gasteiger partial charge in [0.25, 0.3) is 5.91 Å². The third kappa shape index (κ3) is 5.46. The van der Waals surface area contributed by atoms with Crippen molar-refractivity contribution in [3.8, 4) is 9.88 Å². The molecule has 4 aromatic rings. The van der Waals surface area contributed by atoms with Gasteiger partial charge >= 0.3 is 0 Å². The number of hydrogen-bond acceptors (Lipinski definition) is 5. The molecular formula is C24H20FN3O2S2. The predicted molar refractivity (Wildman–Crippen MR) is 126 cm³/mol. The van der Waals surface area contributed by atoms with Gasteiger partial charge in [-0.05, 0) is 60.3 Å². The molecule has 5 nitrogen and oxygen atoms in total. The number of carbonyl (C=O) groups excluding carboxylic acids is 2. The van der Waals surface area contributed by atoms with E-state index < -0.39 is 0 Å². The van der Waals surface area contributed by atoms with Crippen molar-refractivity contribution in [2.45, 2.75) is 19.4 Å². The molecule has 4 rings (SSSR count). The molecule has 2 aromatic heterocycles. The van der Waals surface area contributed by atoms with Crippen LogP contribution in [-0.4, -0.2) is 16.8 Å². The summed E-state index contributed by atoms with van der Waals surface area (Å²) in [7, 11) is 0. The zero-order valence-electron chi connectivity index (χ0n) is 17.2. The summed E-state index contributed by atoms with van der Waals surface area (Å²) in [6, 6.07) is 16.4. The second kappa shape index (κ2) is 9.84. The summed E-state index contributed by atoms with van der Waals surface area (Å²) in [6.07, 6.45) is 0.220. The van der Waals surface area contributed by atoms with Gasteiger partial charge in [0, 0.05) is 16.6 Å². The molecule has 0 spiro atoms. The molecule has 2 aromatic carbocycles. The number of anilines is 1. The Labute approximate surface area is 193 Å². The monoisotopic (exact) mass is 465 g/mol. The summed E-state index contributed by atoms with van der Waals surface area (Å²) in [5.74, 6) is -0.807. The Morgan fingerprint density at radius 2 is 1.78 bits per heavy atom. The summed E-state index contributed by atoms with van der Waals surface area (Å²) in [5.41, 5.74) is 2.66. The number of aromatic nitrogens is 1. The third-order valence-corrected chi connectivity index (χ3v) is 6.71. The van der Waals surface area contributed by atoms with Crippen LogP contribution < -0.4 is 10.6 Å². The van der Waals surface area contributed by atoms with Crippen molar-refractivity contribution in [2.24, 2.45) is 0 Å². The van der Waals surface area contributed by atoms with E-state index in [4.69, 9.17) is 0 Å². The van der Waals surface area contributed by atoms with Crippen molar-refractivity contribution >= 4 is 40.2 Å². The fraction of sp³-hybridized carbons (Fsp3) is 0.125. The van der Waals surface area contributed by atoms with Gasteiger partial charge in [-0.1, -0.05) is 18.2 Å². The smallest absolute Gasteiger partial charge is 0.255 e. The number of thiazole rings is 1. The number of thiophene rings is 1. The summed E-state index contributed by atoms with van der Waals surface area (Å²) < 4.78 is 13.0. The lowest BCUT2D eigenvalue weighted by molar-refractivity contribution is -0.121. The number of nitrogens with one attached hydrogen (secondary N) is 2. The maximum atomic E-state index is 13.0. The molecule has 0 saturated carbocycles. The van der Waals surface area contributed by atoms with Gasteiger partial charge in [-0.25, -0.2) is 9.37 Å². The normalized spacial score (nSPS) is 11.7. The number of benzene rings is 2. The third-order valence-electron chi connectivity index (χ3n) is 4.78. The lowest BCUT2D eigenvalue weighted by atomic mass is 10.1. The number of halogens is 1. The van der Waals surface area contributed by atoms with Crippen LogP contribution in [0.3, 0.4) is 0 Å². The molecule has 0 aliphatic carbocycles. The summed E-state index contributed by atoms with van der Waals surface area (Å²) in [5, 5.41) is 10.6. The van der Waals surface area contributed by atoms with Crippen LogP contribution in [-0.2, 0) is 11.2 Å². The van der Waals surface area contributed by atoms with Crippen molar-refractivity contribution in [1.82, 2.24) is 10.3 Å². The van der Waals surface area contributed by atoms with Crippen molar-refractivity contribution in [2.75, 3.05) is 5.32 Å². The van der Waals surface area contributed by atoms with E-state index in [1.54, 1.807) is 23.5 Å². The van der Waals surface area contributed by atoms with Gasteiger partial charge in [0.05, 0.1) is 23.0 Å². The van der Waals surface area contributed by atoms with Crippen LogP contribution in [0.4, 0.5) is 10.1 Å². The van der Waals surface area contributed by atoms with Crippen LogP contribution in [0.5, 0.6) is 0 Å². The molecule has 0 saturated heterocycles. The Balaban J connectivity index is 1.31. The molecule has 0 aliphatic rings. The van der Waals surface area contributed by atoms with Crippen LogP contribution in [0.1, 0.15) is 34.6 Å². The highest BCUT2D eigenvalue weighted by molar-refractivity contribution is 7.20. The largest absolute Gasteiger partial charge is 0.349 e. The molecule has 0 radical (unpaired) electrons. The van der Waals surface area contributed by atoms with Crippen molar-refractivity contribution in [1.29, 1.82) is 0 Å². The summed E-state index contributed by atoms with van der Waals surface area (Å²) in [4.78, 5) is 30.4. The molecule has 32 heavy (non-hydrogen) atoms. The van der Waals surface area contributed by atoms with E-state index in [2.05, 4.69) is 15.6 Å². The Morgan fingerprint density at radius 3 is 2.47 bits per heavy atom. The molecule has 162 valence electrons. The van der Waals surface area contributed by atoms with E-state index in [1.165, 1.54) is 35.6 Å². The number of nitrogens with zero attached hydrogens (tertiary/aromatic N) is 1. The second-order valence-corrected chi connectivity index (χ2v) is 8.98. The first-order valence-corrected chi connectivity index (χ1v) is 11.7. The van der Waals surface area contributed by atoms with Gasteiger partial charge in [0.15, 0.2) is 0 Å². The molecule has 1 unspecified atom stereocenters. The fourth-order valence-corrected chi connectivity index (χ4v) is 4.74. The van der Waals surface area contributed by atoms with Crippen molar-refractivity contribution in [3.05, 3.63) is 94.1 Å². The SMILES string of the molecule is CC(NC(=O)Cc1csc(-c2cccs2)n1)c1ccc(NC(=O)c2ccc(F)cc2)cc1. The van der Waals surface area contributed by atoms with Crippen LogP contribution in [0.25, 0.3) is 9.88 Å². The summed E-state index contributed by atoms with van der Waals surface area (Å²) in [6.45, 7) is 1.90. The Hall–Kier alpha value is -3.36. The first-order chi connectivity index (χ1) is 15.5. The maximum absolute atomic E-state index is 13.0. The Kier molecular flexibility index (Phi) is 6.72. The quantitative estimate of drug-likeness (QED) is 0.369. The average molecular weight is 466 g/mol. The standard InChI is InChI=1S/C24H20FN3O2S2/c1-15(26-22(29)13-20-14-32-24(28-20)21-3-2-12-31-21)16-6-10-19(11-7-16)27-23(30)17-4-8-18(25)9-5-17/h2-12,14-15H,13H2,1H3,(H,26,29)(H,27,30). The van der Waals surface area contributed by atoms with Crippen molar-refractivity contribution in [3.63, 3.8) is 0 Å². The highest BCUT2D eigenvalue weighted by Gasteiger charge is 2.13. The molecule has 0 aliphatic heterocycles. The van der Waals surface area contributed by atoms with E-state index in [0.29, 0.717) is 11.3 Å². The zero-order chi connectivity index (χ0) is 22.5. The van der Waals surface area contributed by atoms with Crippen LogP contribution >= 0.6 is 22.7 Å². The molecule has 2 N–H and O–H groups in total. The first kappa shape index (κ1) is 21.9. The minimum atomic E-state index is -0.389. The average Bonchev–Trinajstić information content (AvgIpc) is 3.46. The molecule has 1 atom stereocenters. The highest BCUT2D eigenvalue weighted by atomic mass is 32.1. The zero-order valence-corrected chi connectivity index (χ0v) is 18.8. The number of carbonyl (C=O) groups is 2. The topological polar surface area (TPSA) is 71.1 Å². The van der Waals surface area contributed by atoms with Crippen LogP contribution in [0, 0.1) is 5.82 Å². The highest BCUT2D eigenvalue weighted by Crippen LogP contribution is 2.28. The van der Waals surface area contributed by atoms with Gasteiger partial charge in [-0.2, -0.15) is 0 Å². The van der Waals surface area contributed by atoms with Gasteiger partial charge < -0.3 is 10.6 Å². The predicted octanol–water partition coefficient (Wildman–Crippen LogP) is 5.68. The first-order valence-electron chi connectivity index (χ1n) is 9.92. The maximum Gasteiger partial charge on any atom is 0.255 e. The van der Waals surface area contributed by atoms with E-state index in [0.717, 1.165) is 21.1 Å². The molecule has 0 fully saturated rings. The van der Waals surface area contributed by atoms with Gasteiger partial charge in [0.2, 0.25) is 5.91 Å². The van der Waals surface area contributed by atoms with E-state index in [-0.39, 0.29) is 30.1 Å². The molecular weight excluding hydrogens is 445 g/mol. The molecule has 2 amide bonds. The lowest BCUT2D eigenvalue weighted by Crippen LogP contribution is -2.28. The van der Waals surface area contributed by atoms with E-state index in [9.17, 15) is 14.0 Å². The summed E-state index contributed by atoms with van der Waals surface area (Å²) >= 11 is 3.16. The van der Waals surface area contributed by atoms with Crippen LogP contribution in [0.15, 0.2) is 71.4 Å². The Morgan fingerprint density at radius 1 is 1.03 bits per heavy atom. The van der Waals surface area contributed by atoms with Crippen molar-refractivity contribution < 1.29 is 14.0 Å². The van der Waals surface area contributed by atoms with Crippen LogP contribution in [0.2, 0.25) is 0 Å². The fourth-order valence-electron chi connectivity index (χ4n) is 3.10. The van der Waals surface area contributed by atoms with E-state index >= 15 is 0 Å². The molecule has 0 bridgehead atoms. The van der Waals surface area contributed by atoms with Gasteiger partial charge in [0.1, 0.15) is 10.8 Å². The van der Waals surface area contributed by atoms with E-state index in [1.807, 2.05) is 41.9 Å². The second-order valence-electron chi connectivity index (χ2n) is 7.17. The Bertz CT molecular complexity index is 1200. The molecule has 2 heterocycles. The minimum absolute atomic E-state index is 0.103. The number of amides is 2. The van der Waals surface area contributed by atoms with Gasteiger partial charge in [-0.15, -0.1) is 22.7 Å². The lowest BCUT2D eigenvalue weighted by Gasteiger charge is -2.15. The minimum Gasteiger partial charge on any atom is -0.349 e.